The van der Waals surface area contributed by atoms with Crippen molar-refractivity contribution in [1.29, 1.82) is 0 Å². The van der Waals surface area contributed by atoms with Gasteiger partial charge in [-0.1, -0.05) is 0 Å². The number of carbonyl (C=O) groups excluding carboxylic acids is 1. The standard InChI is InChI=1S/C21H14F2N2O4/c22-13-5-14-16-8(2-1-3-9(16)17(13)23)11-6-25-15(18(11)24-14)4-10-12(20(25)27)7-29-21(28)19(10)26/h4-5,19,26H,1-3,6-7H2/t19-/m0/s1. The highest BCUT2D eigenvalue weighted by Crippen LogP contribution is 2.41. The highest BCUT2D eigenvalue weighted by Gasteiger charge is 2.35. The van der Waals surface area contributed by atoms with E-state index in [0.29, 0.717) is 47.1 Å². The first-order valence-corrected chi connectivity index (χ1v) is 9.39. The molecule has 8 heteroatoms. The van der Waals surface area contributed by atoms with Crippen LogP contribution in [0.15, 0.2) is 16.9 Å². The molecular weight excluding hydrogens is 382 g/mol. The Bertz CT molecular complexity index is 1350. The van der Waals surface area contributed by atoms with Crippen LogP contribution in [0.25, 0.3) is 22.3 Å². The number of pyridine rings is 2. The smallest absolute Gasteiger partial charge is 0.340 e. The summed E-state index contributed by atoms with van der Waals surface area (Å²) in [7, 11) is 0. The fourth-order valence-electron chi connectivity index (χ4n) is 4.86. The van der Waals surface area contributed by atoms with Crippen LogP contribution < -0.4 is 5.56 Å². The largest absolute Gasteiger partial charge is 0.458 e. The summed E-state index contributed by atoms with van der Waals surface area (Å²) in [5, 5.41) is 10.8. The van der Waals surface area contributed by atoms with E-state index in [1.807, 2.05) is 0 Å². The van der Waals surface area contributed by atoms with Crippen LogP contribution in [0.4, 0.5) is 8.78 Å². The van der Waals surface area contributed by atoms with Crippen molar-refractivity contribution in [3.05, 3.63) is 61.9 Å². The Morgan fingerprint density at radius 3 is 2.72 bits per heavy atom. The second-order valence-electron chi connectivity index (χ2n) is 7.68. The first-order valence-electron chi connectivity index (χ1n) is 9.39. The summed E-state index contributed by atoms with van der Waals surface area (Å²) in [6.07, 6.45) is 0.284. The van der Waals surface area contributed by atoms with Crippen LogP contribution in [0.5, 0.6) is 0 Å². The van der Waals surface area contributed by atoms with Crippen molar-refractivity contribution in [3.8, 4) is 11.4 Å². The molecule has 146 valence electrons. The predicted molar refractivity (Wildman–Crippen MR) is 97.2 cm³/mol. The number of aryl methyl sites for hydroxylation is 2. The minimum absolute atomic E-state index is 0.191. The van der Waals surface area contributed by atoms with Crippen LogP contribution in [0.3, 0.4) is 0 Å². The quantitative estimate of drug-likeness (QED) is 0.461. The Morgan fingerprint density at radius 2 is 1.90 bits per heavy atom. The zero-order valence-corrected chi connectivity index (χ0v) is 15.1. The molecule has 0 unspecified atom stereocenters. The van der Waals surface area contributed by atoms with Gasteiger partial charge in [0.2, 0.25) is 0 Å². The van der Waals surface area contributed by atoms with Gasteiger partial charge in [0, 0.05) is 28.1 Å². The molecule has 0 radical (unpaired) electrons. The molecule has 0 fully saturated rings. The number of carbonyl (C=O) groups is 1. The third kappa shape index (κ3) is 2.04. The lowest BCUT2D eigenvalue weighted by molar-refractivity contribution is -0.157. The van der Waals surface area contributed by atoms with Crippen molar-refractivity contribution >= 4 is 16.9 Å². The van der Waals surface area contributed by atoms with Crippen LogP contribution >= 0.6 is 0 Å². The average Bonchev–Trinajstić information content (AvgIpc) is 3.08. The number of aliphatic hydroxyl groups is 1. The van der Waals surface area contributed by atoms with E-state index in [4.69, 9.17) is 4.74 Å². The monoisotopic (exact) mass is 396 g/mol. The molecule has 4 heterocycles. The number of nitrogens with zero attached hydrogens (tertiary/aromatic N) is 2. The van der Waals surface area contributed by atoms with Gasteiger partial charge in [-0.2, -0.15) is 0 Å². The number of esters is 1. The molecule has 0 saturated heterocycles. The van der Waals surface area contributed by atoms with Gasteiger partial charge in [-0.25, -0.2) is 18.6 Å². The Balaban J connectivity index is 1.68. The van der Waals surface area contributed by atoms with E-state index >= 15 is 0 Å². The van der Waals surface area contributed by atoms with E-state index in [9.17, 15) is 23.5 Å². The molecule has 0 amide bonds. The SMILES string of the molecule is O=C1OCc2c(cc3n(c2=O)Cc2c-3nc3cc(F)c(F)c4c3c2CCC4)[C@@H]1O. The molecule has 0 saturated carbocycles. The summed E-state index contributed by atoms with van der Waals surface area (Å²) in [6, 6.07) is 2.68. The van der Waals surface area contributed by atoms with E-state index in [0.717, 1.165) is 17.2 Å². The maximum absolute atomic E-state index is 14.4. The number of cyclic esters (lactones) is 1. The van der Waals surface area contributed by atoms with E-state index in [2.05, 4.69) is 4.98 Å². The van der Waals surface area contributed by atoms with Gasteiger partial charge in [0.15, 0.2) is 17.7 Å². The number of hydrogen-bond donors (Lipinski definition) is 1. The number of ether oxygens (including phenoxy) is 1. The molecule has 1 aliphatic carbocycles. The fourth-order valence-corrected chi connectivity index (χ4v) is 4.86. The first-order chi connectivity index (χ1) is 14.0. The van der Waals surface area contributed by atoms with Crippen LogP contribution in [0, 0.1) is 11.6 Å². The number of aliphatic hydroxyl groups excluding tert-OH is 1. The van der Waals surface area contributed by atoms with Crippen LogP contribution in [-0.4, -0.2) is 20.6 Å². The zero-order valence-electron chi connectivity index (χ0n) is 15.1. The minimum atomic E-state index is -1.53. The molecule has 3 aliphatic rings. The normalized spacial score (nSPS) is 19.0. The van der Waals surface area contributed by atoms with Crippen molar-refractivity contribution in [3.63, 3.8) is 0 Å². The summed E-state index contributed by atoms with van der Waals surface area (Å²) in [5.74, 6) is -2.57. The topological polar surface area (TPSA) is 81.4 Å². The maximum atomic E-state index is 14.4. The fraction of sp³-hybridized carbons (Fsp3) is 0.286. The van der Waals surface area contributed by atoms with Gasteiger partial charge in [-0.15, -0.1) is 0 Å². The third-order valence-electron chi connectivity index (χ3n) is 6.20. The zero-order chi connectivity index (χ0) is 20.0. The number of fused-ring (bicyclic) bond motifs is 5. The van der Waals surface area contributed by atoms with E-state index in [1.165, 1.54) is 4.57 Å². The minimum Gasteiger partial charge on any atom is -0.458 e. The molecule has 3 aromatic rings. The summed E-state index contributed by atoms with van der Waals surface area (Å²) in [5.41, 5.74) is 3.47. The van der Waals surface area contributed by atoms with Crippen molar-refractivity contribution in [2.24, 2.45) is 0 Å². The molecule has 0 bridgehead atoms. The molecule has 6 rings (SSSR count). The Morgan fingerprint density at radius 1 is 1.10 bits per heavy atom. The number of hydrogen-bond acceptors (Lipinski definition) is 5. The molecule has 1 N–H and O–H groups in total. The number of benzene rings is 1. The van der Waals surface area contributed by atoms with E-state index in [-0.39, 0.29) is 29.8 Å². The van der Waals surface area contributed by atoms with Crippen molar-refractivity contribution < 1.29 is 23.4 Å². The van der Waals surface area contributed by atoms with Crippen LogP contribution in [0.1, 0.15) is 40.3 Å². The van der Waals surface area contributed by atoms with E-state index in [1.54, 1.807) is 6.07 Å². The van der Waals surface area contributed by atoms with Gasteiger partial charge < -0.3 is 14.4 Å². The second-order valence-corrected chi connectivity index (χ2v) is 7.68. The van der Waals surface area contributed by atoms with Crippen LogP contribution in [0.2, 0.25) is 0 Å². The number of halogens is 2. The molecule has 2 aliphatic heterocycles. The number of rotatable bonds is 0. The van der Waals surface area contributed by atoms with Crippen molar-refractivity contribution in [2.45, 2.75) is 38.5 Å². The van der Waals surface area contributed by atoms with Gasteiger partial charge in [0.05, 0.1) is 29.0 Å². The van der Waals surface area contributed by atoms with Gasteiger partial charge in [-0.05, 0) is 30.9 Å². The van der Waals surface area contributed by atoms with Gasteiger partial charge in [-0.3, -0.25) is 4.79 Å². The highest BCUT2D eigenvalue weighted by molar-refractivity contribution is 5.91. The second kappa shape index (κ2) is 5.48. The van der Waals surface area contributed by atoms with Gasteiger partial charge >= 0.3 is 5.97 Å². The molecule has 1 atom stereocenters. The number of aromatic nitrogens is 2. The lowest BCUT2D eigenvalue weighted by atomic mass is 9.86. The summed E-state index contributed by atoms with van der Waals surface area (Å²) < 4.78 is 34.9. The third-order valence-corrected chi connectivity index (χ3v) is 6.20. The van der Waals surface area contributed by atoms with Gasteiger partial charge in [0.1, 0.15) is 6.61 Å². The van der Waals surface area contributed by atoms with Crippen molar-refractivity contribution in [1.82, 2.24) is 9.55 Å². The van der Waals surface area contributed by atoms with E-state index < -0.39 is 23.7 Å². The average molecular weight is 396 g/mol. The Kier molecular flexibility index (Phi) is 3.17. The lowest BCUT2D eigenvalue weighted by Gasteiger charge is -2.21. The molecule has 0 spiro atoms. The molecule has 29 heavy (non-hydrogen) atoms. The summed E-state index contributed by atoms with van der Waals surface area (Å²) in [6.45, 7) is 0.0705. The first kappa shape index (κ1) is 16.8. The van der Waals surface area contributed by atoms with Gasteiger partial charge in [0.25, 0.3) is 5.56 Å². The summed E-state index contributed by atoms with van der Waals surface area (Å²) >= 11 is 0. The predicted octanol–water partition coefficient (Wildman–Crippen LogP) is 2.28. The molecule has 6 nitrogen and oxygen atoms in total. The molecule has 1 aromatic carbocycles. The Hall–Kier alpha value is -3.13. The molecule has 2 aromatic heterocycles. The molecular formula is C21H14F2N2O4. The van der Waals surface area contributed by atoms with Crippen molar-refractivity contribution in [2.75, 3.05) is 0 Å². The highest BCUT2D eigenvalue weighted by atomic mass is 19.2. The van der Waals surface area contributed by atoms with Crippen LogP contribution in [-0.2, 0) is 35.5 Å². The maximum Gasteiger partial charge on any atom is 0.340 e. The lowest BCUT2D eigenvalue weighted by Crippen LogP contribution is -2.32. The summed E-state index contributed by atoms with van der Waals surface area (Å²) in [4.78, 5) is 29.3. The Labute approximate surface area is 162 Å².